The van der Waals surface area contributed by atoms with E-state index in [1.807, 2.05) is 0 Å². The van der Waals surface area contributed by atoms with Gasteiger partial charge in [-0.15, -0.1) is 0 Å². The Labute approximate surface area is 112 Å². The molecular weight excluding hydrogens is 272 g/mol. The monoisotopic (exact) mass is 281 g/mol. The molecule has 0 saturated heterocycles. The zero-order chi connectivity index (χ0) is 13.8. The number of halogens is 2. The van der Waals surface area contributed by atoms with Gasteiger partial charge in [-0.3, -0.25) is 0 Å². The van der Waals surface area contributed by atoms with Gasteiger partial charge in [0.1, 0.15) is 5.03 Å². The lowest BCUT2D eigenvalue weighted by Crippen LogP contribution is -2.01. The molecule has 98 valence electrons. The number of ether oxygens (including phenoxy) is 1. The fourth-order valence-electron chi connectivity index (χ4n) is 1.37. The van der Waals surface area contributed by atoms with Crippen LogP contribution in [0.25, 0.3) is 0 Å². The summed E-state index contributed by atoms with van der Waals surface area (Å²) in [7, 11) is 1.28. The van der Waals surface area contributed by atoms with Gasteiger partial charge in [-0.1, -0.05) is 11.8 Å². The number of carbonyl (C=O) groups is 1. The summed E-state index contributed by atoms with van der Waals surface area (Å²) in [5.74, 6) is -2.30. The molecule has 0 spiro atoms. The largest absolute Gasteiger partial charge is 0.465 e. The van der Waals surface area contributed by atoms with E-state index in [1.54, 1.807) is 0 Å². The number of esters is 1. The molecule has 0 fully saturated rings. The minimum absolute atomic E-state index is 0.350. The molecule has 0 aliphatic heterocycles. The Morgan fingerprint density at radius 1 is 1.21 bits per heavy atom. The summed E-state index contributed by atoms with van der Waals surface area (Å²) in [5.41, 5.74) is 0.350. The predicted octanol–water partition coefficient (Wildman–Crippen LogP) is 3.30. The van der Waals surface area contributed by atoms with Gasteiger partial charge in [-0.2, -0.15) is 0 Å². The van der Waals surface area contributed by atoms with E-state index in [-0.39, 0.29) is 0 Å². The number of nitrogens with zero attached hydrogens (tertiary/aromatic N) is 1. The average Bonchev–Trinajstić information content (AvgIpc) is 2.42. The molecule has 0 amide bonds. The average molecular weight is 281 g/mol. The third-order valence-electron chi connectivity index (χ3n) is 2.27. The summed E-state index contributed by atoms with van der Waals surface area (Å²) in [6, 6.07) is 6.60. The van der Waals surface area contributed by atoms with E-state index in [9.17, 15) is 13.6 Å². The first-order valence-corrected chi connectivity index (χ1v) is 6.09. The lowest BCUT2D eigenvalue weighted by molar-refractivity contribution is 0.0600. The van der Waals surface area contributed by atoms with Crippen molar-refractivity contribution in [2.75, 3.05) is 7.11 Å². The molecule has 6 heteroatoms. The summed E-state index contributed by atoms with van der Waals surface area (Å²) < 4.78 is 30.4. The summed E-state index contributed by atoms with van der Waals surface area (Å²) >= 11 is 1.13. The molecule has 2 rings (SSSR count). The highest BCUT2D eigenvalue weighted by Crippen LogP contribution is 2.27. The van der Waals surface area contributed by atoms with Crippen molar-refractivity contribution in [3.8, 4) is 0 Å². The molecule has 0 aliphatic rings. The van der Waals surface area contributed by atoms with E-state index >= 15 is 0 Å². The number of rotatable bonds is 3. The van der Waals surface area contributed by atoms with Crippen molar-refractivity contribution in [3.05, 3.63) is 53.7 Å². The molecule has 0 N–H and O–H groups in total. The standard InChI is InChI=1S/C13H9F2NO2S/c1-18-13(17)8-4-5-16-12(6-8)19-9-2-3-10(14)11(15)7-9/h2-7H,1H3. The van der Waals surface area contributed by atoms with Crippen molar-refractivity contribution in [2.24, 2.45) is 0 Å². The van der Waals surface area contributed by atoms with Crippen molar-refractivity contribution in [1.82, 2.24) is 4.98 Å². The maximum Gasteiger partial charge on any atom is 0.337 e. The minimum atomic E-state index is -0.922. The van der Waals surface area contributed by atoms with E-state index in [0.29, 0.717) is 15.5 Å². The van der Waals surface area contributed by atoms with Crippen LogP contribution < -0.4 is 0 Å². The minimum Gasteiger partial charge on any atom is -0.465 e. The van der Waals surface area contributed by atoms with Crippen LogP contribution >= 0.6 is 11.8 Å². The fourth-order valence-corrected chi connectivity index (χ4v) is 2.21. The van der Waals surface area contributed by atoms with Gasteiger partial charge in [0, 0.05) is 11.1 Å². The first-order chi connectivity index (χ1) is 9.10. The van der Waals surface area contributed by atoms with E-state index in [4.69, 9.17) is 0 Å². The number of hydrogen-bond acceptors (Lipinski definition) is 4. The van der Waals surface area contributed by atoms with Crippen LogP contribution in [-0.4, -0.2) is 18.1 Å². The van der Waals surface area contributed by atoms with E-state index < -0.39 is 17.6 Å². The molecule has 19 heavy (non-hydrogen) atoms. The molecule has 1 heterocycles. The lowest BCUT2D eigenvalue weighted by atomic mass is 10.3. The first kappa shape index (κ1) is 13.5. The topological polar surface area (TPSA) is 39.2 Å². The molecule has 1 aromatic carbocycles. The summed E-state index contributed by atoms with van der Waals surface area (Å²) in [6.07, 6.45) is 1.45. The van der Waals surface area contributed by atoms with Gasteiger partial charge in [0.2, 0.25) is 0 Å². The molecule has 0 radical (unpaired) electrons. The van der Waals surface area contributed by atoms with Crippen LogP contribution in [0.5, 0.6) is 0 Å². The maximum absolute atomic E-state index is 13.1. The molecular formula is C13H9F2NO2S. The third-order valence-corrected chi connectivity index (χ3v) is 3.19. The second-order valence-corrected chi connectivity index (χ2v) is 4.65. The van der Waals surface area contributed by atoms with Gasteiger partial charge in [-0.05, 0) is 30.3 Å². The number of hydrogen-bond donors (Lipinski definition) is 0. The Hall–Kier alpha value is -1.95. The number of methoxy groups -OCH3 is 1. The van der Waals surface area contributed by atoms with E-state index in [0.717, 1.165) is 23.9 Å². The van der Waals surface area contributed by atoms with Crippen LogP contribution in [0, 0.1) is 11.6 Å². The van der Waals surface area contributed by atoms with Crippen LogP contribution in [0.2, 0.25) is 0 Å². The van der Waals surface area contributed by atoms with Crippen LogP contribution in [0.15, 0.2) is 46.5 Å². The Morgan fingerprint density at radius 3 is 2.68 bits per heavy atom. The van der Waals surface area contributed by atoms with Crippen molar-refractivity contribution < 1.29 is 18.3 Å². The summed E-state index contributed by atoms with van der Waals surface area (Å²) in [6.45, 7) is 0. The van der Waals surface area contributed by atoms with Crippen molar-refractivity contribution in [3.63, 3.8) is 0 Å². The Morgan fingerprint density at radius 2 is 2.00 bits per heavy atom. The second kappa shape index (κ2) is 5.79. The van der Waals surface area contributed by atoms with Crippen LogP contribution in [-0.2, 0) is 4.74 Å². The molecule has 0 bridgehead atoms. The number of carbonyl (C=O) groups excluding carboxylic acids is 1. The van der Waals surface area contributed by atoms with E-state index in [1.165, 1.54) is 31.5 Å². The highest BCUT2D eigenvalue weighted by molar-refractivity contribution is 7.99. The van der Waals surface area contributed by atoms with Crippen molar-refractivity contribution >= 4 is 17.7 Å². The Bertz CT molecular complexity index is 619. The normalized spacial score (nSPS) is 10.3. The van der Waals surface area contributed by atoms with E-state index in [2.05, 4.69) is 9.72 Å². The second-order valence-electron chi connectivity index (χ2n) is 3.55. The van der Waals surface area contributed by atoms with Crippen molar-refractivity contribution in [1.29, 1.82) is 0 Å². The number of aromatic nitrogens is 1. The van der Waals surface area contributed by atoms with Gasteiger partial charge in [0.15, 0.2) is 11.6 Å². The lowest BCUT2D eigenvalue weighted by Gasteiger charge is -2.03. The van der Waals surface area contributed by atoms with Gasteiger partial charge >= 0.3 is 5.97 Å². The SMILES string of the molecule is COC(=O)c1ccnc(Sc2ccc(F)c(F)c2)c1. The molecule has 0 saturated carbocycles. The molecule has 1 aromatic heterocycles. The smallest absolute Gasteiger partial charge is 0.337 e. The van der Waals surface area contributed by atoms with Gasteiger partial charge in [-0.25, -0.2) is 18.6 Å². The highest BCUT2D eigenvalue weighted by atomic mass is 32.2. The molecule has 0 unspecified atom stereocenters. The van der Waals surface area contributed by atoms with Crippen molar-refractivity contribution in [2.45, 2.75) is 9.92 Å². The Kier molecular flexibility index (Phi) is 4.11. The predicted molar refractivity (Wildman–Crippen MR) is 66.1 cm³/mol. The molecule has 0 aliphatic carbocycles. The molecule has 3 nitrogen and oxygen atoms in total. The molecule has 0 atom stereocenters. The number of pyridine rings is 1. The zero-order valence-electron chi connectivity index (χ0n) is 9.89. The zero-order valence-corrected chi connectivity index (χ0v) is 10.7. The summed E-state index contributed by atoms with van der Waals surface area (Å²) in [5, 5.41) is 0.494. The quantitative estimate of drug-likeness (QED) is 0.809. The highest BCUT2D eigenvalue weighted by Gasteiger charge is 2.09. The fraction of sp³-hybridized carbons (Fsp3) is 0.0769. The van der Waals surface area contributed by atoms with Gasteiger partial charge in [0.25, 0.3) is 0 Å². The summed E-state index contributed by atoms with van der Waals surface area (Å²) in [4.78, 5) is 15.9. The van der Waals surface area contributed by atoms with Crippen LogP contribution in [0.3, 0.4) is 0 Å². The van der Waals surface area contributed by atoms with Gasteiger partial charge in [0.05, 0.1) is 12.7 Å². The van der Waals surface area contributed by atoms with Crippen LogP contribution in [0.1, 0.15) is 10.4 Å². The first-order valence-electron chi connectivity index (χ1n) is 5.27. The molecule has 2 aromatic rings. The maximum atomic E-state index is 13.1. The third kappa shape index (κ3) is 3.29. The number of benzene rings is 1. The Balaban J connectivity index is 2.23. The van der Waals surface area contributed by atoms with Gasteiger partial charge < -0.3 is 4.74 Å². The van der Waals surface area contributed by atoms with Crippen LogP contribution in [0.4, 0.5) is 8.78 Å².